The molecule has 0 spiro atoms. The summed E-state index contributed by atoms with van der Waals surface area (Å²) in [5, 5.41) is 0. The molecule has 0 saturated heterocycles. The van der Waals surface area contributed by atoms with Crippen LogP contribution in [0.4, 0.5) is 11.4 Å². The standard InChI is InChI=1S/C22H27NO2/c1-15-8-13-20-19(16(15)2)7-6-14-23(20)18-11-9-17(10-12-18)21(24)25-22(3,4)5/h8-13H,6-7,14H2,1-5H3. The second kappa shape index (κ2) is 6.55. The van der Waals surface area contributed by atoms with Crippen LogP contribution < -0.4 is 4.90 Å². The lowest BCUT2D eigenvalue weighted by Gasteiger charge is -2.33. The second-order valence-electron chi connectivity index (χ2n) is 7.81. The topological polar surface area (TPSA) is 29.5 Å². The number of hydrogen-bond donors (Lipinski definition) is 0. The molecule has 0 fully saturated rings. The van der Waals surface area contributed by atoms with Gasteiger partial charge < -0.3 is 9.64 Å². The smallest absolute Gasteiger partial charge is 0.338 e. The minimum atomic E-state index is -0.475. The molecule has 3 nitrogen and oxygen atoms in total. The maximum atomic E-state index is 12.2. The Bertz CT molecular complexity index is 785. The van der Waals surface area contributed by atoms with E-state index in [1.54, 1.807) is 0 Å². The van der Waals surface area contributed by atoms with Crippen LogP contribution in [0.5, 0.6) is 0 Å². The monoisotopic (exact) mass is 337 g/mol. The zero-order valence-corrected chi connectivity index (χ0v) is 15.8. The van der Waals surface area contributed by atoms with Gasteiger partial charge in [-0.1, -0.05) is 6.07 Å². The van der Waals surface area contributed by atoms with Gasteiger partial charge in [-0.2, -0.15) is 0 Å². The molecule has 1 heterocycles. The molecule has 0 atom stereocenters. The third-order valence-electron chi connectivity index (χ3n) is 4.76. The Morgan fingerprint density at radius 1 is 1.04 bits per heavy atom. The van der Waals surface area contributed by atoms with Crippen LogP contribution in [0.3, 0.4) is 0 Å². The third-order valence-corrected chi connectivity index (χ3v) is 4.76. The van der Waals surface area contributed by atoms with Crippen molar-refractivity contribution in [2.24, 2.45) is 0 Å². The number of esters is 1. The zero-order valence-electron chi connectivity index (χ0n) is 15.8. The van der Waals surface area contributed by atoms with Crippen molar-refractivity contribution in [3.05, 3.63) is 58.7 Å². The molecule has 0 unspecified atom stereocenters. The zero-order chi connectivity index (χ0) is 18.2. The van der Waals surface area contributed by atoms with Crippen LogP contribution in [-0.2, 0) is 11.2 Å². The summed E-state index contributed by atoms with van der Waals surface area (Å²) < 4.78 is 5.44. The molecule has 0 bridgehead atoms. The number of anilines is 2. The van der Waals surface area contributed by atoms with E-state index in [4.69, 9.17) is 4.74 Å². The van der Waals surface area contributed by atoms with E-state index in [2.05, 4.69) is 30.9 Å². The molecule has 3 heteroatoms. The second-order valence-corrected chi connectivity index (χ2v) is 7.81. The van der Waals surface area contributed by atoms with Crippen molar-refractivity contribution < 1.29 is 9.53 Å². The van der Waals surface area contributed by atoms with Gasteiger partial charge in [-0.3, -0.25) is 0 Å². The van der Waals surface area contributed by atoms with Crippen LogP contribution in [0.25, 0.3) is 0 Å². The van der Waals surface area contributed by atoms with Crippen molar-refractivity contribution in [2.75, 3.05) is 11.4 Å². The average molecular weight is 337 g/mol. The Balaban J connectivity index is 1.87. The number of ether oxygens (including phenoxy) is 1. The molecule has 2 aromatic carbocycles. The summed E-state index contributed by atoms with van der Waals surface area (Å²) >= 11 is 0. The molecule has 1 aliphatic heterocycles. The summed E-state index contributed by atoms with van der Waals surface area (Å²) in [6.07, 6.45) is 2.28. The van der Waals surface area contributed by atoms with Gasteiger partial charge in [-0.25, -0.2) is 4.79 Å². The van der Waals surface area contributed by atoms with Gasteiger partial charge in [0, 0.05) is 17.9 Å². The first-order valence-electron chi connectivity index (χ1n) is 8.96. The number of hydrogen-bond acceptors (Lipinski definition) is 3. The molecule has 0 aromatic heterocycles. The maximum absolute atomic E-state index is 12.2. The molecule has 0 saturated carbocycles. The minimum Gasteiger partial charge on any atom is -0.456 e. The quantitative estimate of drug-likeness (QED) is 0.693. The molecule has 0 N–H and O–H groups in total. The number of rotatable bonds is 2. The summed E-state index contributed by atoms with van der Waals surface area (Å²) in [5.41, 5.74) is 6.72. The van der Waals surface area contributed by atoms with Gasteiger partial charge in [0.05, 0.1) is 5.56 Å². The van der Waals surface area contributed by atoms with E-state index in [1.165, 1.54) is 22.4 Å². The van der Waals surface area contributed by atoms with Gasteiger partial charge in [-0.05, 0) is 94.5 Å². The number of nitrogens with zero attached hydrogens (tertiary/aromatic N) is 1. The summed E-state index contributed by atoms with van der Waals surface area (Å²) in [7, 11) is 0. The van der Waals surface area contributed by atoms with Crippen LogP contribution in [0, 0.1) is 13.8 Å². The highest BCUT2D eigenvalue weighted by Gasteiger charge is 2.21. The summed E-state index contributed by atoms with van der Waals surface area (Å²) in [6, 6.07) is 12.2. The van der Waals surface area contributed by atoms with E-state index < -0.39 is 5.60 Å². The van der Waals surface area contributed by atoms with Crippen LogP contribution in [0.15, 0.2) is 36.4 Å². The lowest BCUT2D eigenvalue weighted by atomic mass is 9.93. The first kappa shape index (κ1) is 17.5. The SMILES string of the molecule is Cc1ccc2c(c1C)CCCN2c1ccc(C(=O)OC(C)(C)C)cc1. The molecule has 2 aromatic rings. The Hall–Kier alpha value is -2.29. The fourth-order valence-electron chi connectivity index (χ4n) is 3.35. The van der Waals surface area contributed by atoms with Gasteiger partial charge in [0.2, 0.25) is 0 Å². The lowest BCUT2D eigenvalue weighted by Crippen LogP contribution is -2.26. The highest BCUT2D eigenvalue weighted by Crippen LogP contribution is 2.36. The van der Waals surface area contributed by atoms with Crippen molar-refractivity contribution in [2.45, 2.75) is 53.1 Å². The van der Waals surface area contributed by atoms with Crippen LogP contribution >= 0.6 is 0 Å². The lowest BCUT2D eigenvalue weighted by molar-refractivity contribution is 0.00696. The molecule has 1 aliphatic rings. The highest BCUT2D eigenvalue weighted by molar-refractivity contribution is 5.90. The van der Waals surface area contributed by atoms with Crippen LogP contribution in [0.2, 0.25) is 0 Å². The summed E-state index contributed by atoms with van der Waals surface area (Å²) in [5.74, 6) is -0.274. The van der Waals surface area contributed by atoms with Gasteiger partial charge in [0.15, 0.2) is 0 Å². The molecule has 0 aliphatic carbocycles. The third kappa shape index (κ3) is 3.71. The average Bonchev–Trinajstić information content (AvgIpc) is 2.56. The Labute approximate surface area is 150 Å². The van der Waals surface area contributed by atoms with Crippen molar-refractivity contribution in [3.8, 4) is 0 Å². The van der Waals surface area contributed by atoms with E-state index in [0.29, 0.717) is 5.56 Å². The summed E-state index contributed by atoms with van der Waals surface area (Å²) in [4.78, 5) is 14.5. The molecule has 0 amide bonds. The molecule has 132 valence electrons. The molecular formula is C22H27NO2. The van der Waals surface area contributed by atoms with E-state index in [9.17, 15) is 4.79 Å². The predicted octanol–water partition coefficient (Wildman–Crippen LogP) is 5.34. The Morgan fingerprint density at radius 2 is 1.72 bits per heavy atom. The van der Waals surface area contributed by atoms with E-state index in [0.717, 1.165) is 25.1 Å². The minimum absolute atomic E-state index is 0.274. The molecule has 25 heavy (non-hydrogen) atoms. The number of benzene rings is 2. The van der Waals surface area contributed by atoms with Crippen molar-refractivity contribution in [1.82, 2.24) is 0 Å². The van der Waals surface area contributed by atoms with Crippen molar-refractivity contribution in [3.63, 3.8) is 0 Å². The van der Waals surface area contributed by atoms with Gasteiger partial charge in [0.1, 0.15) is 5.60 Å². The Morgan fingerprint density at radius 3 is 2.36 bits per heavy atom. The number of aryl methyl sites for hydroxylation is 1. The highest BCUT2D eigenvalue weighted by atomic mass is 16.6. The number of carbonyl (C=O) groups is 1. The van der Waals surface area contributed by atoms with Crippen molar-refractivity contribution >= 4 is 17.3 Å². The first-order valence-corrected chi connectivity index (χ1v) is 8.96. The number of carbonyl (C=O) groups excluding carboxylic acids is 1. The molecule has 0 radical (unpaired) electrons. The van der Waals surface area contributed by atoms with E-state index in [-0.39, 0.29) is 5.97 Å². The van der Waals surface area contributed by atoms with Crippen LogP contribution in [0.1, 0.15) is 54.2 Å². The maximum Gasteiger partial charge on any atom is 0.338 e. The first-order chi connectivity index (χ1) is 11.8. The summed E-state index contributed by atoms with van der Waals surface area (Å²) in [6.45, 7) is 11.0. The largest absolute Gasteiger partial charge is 0.456 e. The van der Waals surface area contributed by atoms with Crippen molar-refractivity contribution in [1.29, 1.82) is 0 Å². The molecular weight excluding hydrogens is 310 g/mol. The van der Waals surface area contributed by atoms with Crippen LogP contribution in [-0.4, -0.2) is 18.1 Å². The van der Waals surface area contributed by atoms with E-state index in [1.807, 2.05) is 45.0 Å². The van der Waals surface area contributed by atoms with Gasteiger partial charge >= 0.3 is 5.97 Å². The fourth-order valence-corrected chi connectivity index (χ4v) is 3.35. The Kier molecular flexibility index (Phi) is 4.59. The molecule has 3 rings (SSSR count). The normalized spacial score (nSPS) is 14.2. The van der Waals surface area contributed by atoms with E-state index >= 15 is 0 Å². The number of fused-ring (bicyclic) bond motifs is 1. The van der Waals surface area contributed by atoms with Gasteiger partial charge in [-0.15, -0.1) is 0 Å². The fraction of sp³-hybridized carbons (Fsp3) is 0.409. The van der Waals surface area contributed by atoms with Gasteiger partial charge in [0.25, 0.3) is 0 Å². The predicted molar refractivity (Wildman–Crippen MR) is 103 cm³/mol.